The number of amides is 1. The van der Waals surface area contributed by atoms with Crippen molar-refractivity contribution in [2.45, 2.75) is 6.92 Å². The molecule has 1 aromatic carbocycles. The van der Waals surface area contributed by atoms with Gasteiger partial charge in [-0.2, -0.15) is 5.10 Å². The highest BCUT2D eigenvalue weighted by Gasteiger charge is 2.08. The average Bonchev–Trinajstić information content (AvgIpc) is 2.82. The smallest absolute Gasteiger partial charge is 0.251 e. The fraction of sp³-hybridized carbons (Fsp3) is 0.231. The molecule has 0 spiro atoms. The van der Waals surface area contributed by atoms with Crippen LogP contribution < -0.4 is 11.1 Å². The zero-order valence-corrected chi connectivity index (χ0v) is 10.2. The Bertz CT molecular complexity index is 547. The Morgan fingerprint density at radius 2 is 2.33 bits per heavy atom. The van der Waals surface area contributed by atoms with E-state index in [-0.39, 0.29) is 5.91 Å². The Balaban J connectivity index is 2.25. The Hall–Kier alpha value is -2.14. The van der Waals surface area contributed by atoms with Crippen LogP contribution in [-0.2, 0) is 0 Å². The first kappa shape index (κ1) is 12.3. The van der Waals surface area contributed by atoms with Gasteiger partial charge in [0.15, 0.2) is 0 Å². The van der Waals surface area contributed by atoms with Crippen molar-refractivity contribution in [2.24, 2.45) is 5.73 Å². The van der Waals surface area contributed by atoms with E-state index in [1.807, 2.05) is 25.1 Å². The van der Waals surface area contributed by atoms with Crippen LogP contribution in [0.1, 0.15) is 16.1 Å². The molecular formula is C13H16N4O. The van der Waals surface area contributed by atoms with E-state index in [0.29, 0.717) is 18.7 Å². The zero-order valence-electron chi connectivity index (χ0n) is 10.2. The predicted molar refractivity (Wildman–Crippen MR) is 70.1 cm³/mol. The topological polar surface area (TPSA) is 83.8 Å². The van der Waals surface area contributed by atoms with Gasteiger partial charge in [0.1, 0.15) is 0 Å². The summed E-state index contributed by atoms with van der Waals surface area (Å²) in [5, 5.41) is 9.61. The molecule has 0 saturated carbocycles. The normalized spacial score (nSPS) is 10.3. The number of carbonyl (C=O) groups is 1. The lowest BCUT2D eigenvalue weighted by Gasteiger charge is -2.05. The van der Waals surface area contributed by atoms with Crippen molar-refractivity contribution >= 4 is 5.91 Å². The highest BCUT2D eigenvalue weighted by molar-refractivity contribution is 5.95. The van der Waals surface area contributed by atoms with Gasteiger partial charge in [-0.3, -0.25) is 9.89 Å². The Morgan fingerprint density at radius 3 is 3.00 bits per heavy atom. The molecule has 0 aliphatic rings. The third-order valence-electron chi connectivity index (χ3n) is 2.70. The molecule has 0 saturated heterocycles. The van der Waals surface area contributed by atoms with E-state index in [4.69, 9.17) is 5.73 Å². The summed E-state index contributed by atoms with van der Waals surface area (Å²) in [5.74, 6) is -0.108. The van der Waals surface area contributed by atoms with Gasteiger partial charge in [0.05, 0.1) is 6.20 Å². The number of aromatic nitrogens is 2. The quantitative estimate of drug-likeness (QED) is 0.752. The molecule has 0 unspecified atom stereocenters. The van der Waals surface area contributed by atoms with Crippen molar-refractivity contribution in [1.29, 1.82) is 0 Å². The molecular weight excluding hydrogens is 228 g/mol. The minimum absolute atomic E-state index is 0.108. The summed E-state index contributed by atoms with van der Waals surface area (Å²) in [5.41, 5.74) is 8.94. The molecule has 5 nitrogen and oxygen atoms in total. The van der Waals surface area contributed by atoms with Gasteiger partial charge in [-0.15, -0.1) is 0 Å². The molecule has 0 fully saturated rings. The molecule has 5 heteroatoms. The number of benzene rings is 1. The summed E-state index contributed by atoms with van der Waals surface area (Å²) >= 11 is 0. The van der Waals surface area contributed by atoms with Gasteiger partial charge in [-0.05, 0) is 24.6 Å². The number of aryl methyl sites for hydroxylation is 1. The minimum Gasteiger partial charge on any atom is -0.351 e. The molecule has 18 heavy (non-hydrogen) atoms. The summed E-state index contributed by atoms with van der Waals surface area (Å²) in [6.45, 7) is 2.86. The second kappa shape index (κ2) is 5.46. The van der Waals surface area contributed by atoms with Crippen molar-refractivity contribution in [1.82, 2.24) is 15.5 Å². The van der Waals surface area contributed by atoms with Crippen molar-refractivity contribution in [2.75, 3.05) is 13.1 Å². The number of nitrogens with zero attached hydrogens (tertiary/aromatic N) is 1. The number of H-pyrrole nitrogens is 1. The van der Waals surface area contributed by atoms with Gasteiger partial charge in [-0.25, -0.2) is 0 Å². The lowest BCUT2D eigenvalue weighted by atomic mass is 10.0. The molecule has 0 aliphatic carbocycles. The monoisotopic (exact) mass is 244 g/mol. The first-order valence-electron chi connectivity index (χ1n) is 5.81. The van der Waals surface area contributed by atoms with Crippen LogP contribution >= 0.6 is 0 Å². The summed E-state index contributed by atoms with van der Waals surface area (Å²) < 4.78 is 0. The summed E-state index contributed by atoms with van der Waals surface area (Å²) in [4.78, 5) is 11.8. The highest BCUT2D eigenvalue weighted by atomic mass is 16.1. The predicted octanol–water partition coefficient (Wildman–Crippen LogP) is 1.07. The number of hydrogen-bond acceptors (Lipinski definition) is 3. The molecule has 2 rings (SSSR count). The van der Waals surface area contributed by atoms with Crippen LogP contribution in [0.2, 0.25) is 0 Å². The lowest BCUT2D eigenvalue weighted by molar-refractivity contribution is 0.0955. The third kappa shape index (κ3) is 2.57. The van der Waals surface area contributed by atoms with Gasteiger partial charge < -0.3 is 11.1 Å². The number of aromatic amines is 1. The number of nitrogens with two attached hydrogens (primary N) is 1. The maximum atomic E-state index is 11.8. The summed E-state index contributed by atoms with van der Waals surface area (Å²) in [6.07, 6.45) is 1.76. The molecule has 1 heterocycles. The second-order valence-electron chi connectivity index (χ2n) is 4.03. The molecule has 1 amide bonds. The fourth-order valence-electron chi connectivity index (χ4n) is 1.76. The van der Waals surface area contributed by atoms with E-state index in [1.165, 1.54) is 0 Å². The van der Waals surface area contributed by atoms with Gasteiger partial charge in [0.25, 0.3) is 5.91 Å². The van der Waals surface area contributed by atoms with Crippen LogP contribution in [0.5, 0.6) is 0 Å². The van der Waals surface area contributed by atoms with E-state index in [2.05, 4.69) is 15.5 Å². The van der Waals surface area contributed by atoms with Gasteiger partial charge in [0, 0.05) is 29.9 Å². The van der Waals surface area contributed by atoms with Crippen molar-refractivity contribution in [3.63, 3.8) is 0 Å². The maximum absolute atomic E-state index is 11.8. The number of hydrogen-bond donors (Lipinski definition) is 3. The van der Waals surface area contributed by atoms with Gasteiger partial charge >= 0.3 is 0 Å². The average molecular weight is 244 g/mol. The van der Waals surface area contributed by atoms with E-state index in [0.717, 1.165) is 16.8 Å². The van der Waals surface area contributed by atoms with Crippen molar-refractivity contribution in [3.05, 3.63) is 41.7 Å². The Labute approximate surface area is 105 Å². The fourth-order valence-corrected chi connectivity index (χ4v) is 1.76. The van der Waals surface area contributed by atoms with E-state index < -0.39 is 0 Å². The molecule has 2 aromatic rings. The van der Waals surface area contributed by atoms with E-state index in [9.17, 15) is 4.79 Å². The minimum atomic E-state index is -0.108. The van der Waals surface area contributed by atoms with E-state index in [1.54, 1.807) is 12.3 Å². The van der Waals surface area contributed by atoms with Crippen LogP contribution in [-0.4, -0.2) is 29.2 Å². The number of nitrogens with one attached hydrogen (secondary N) is 2. The van der Waals surface area contributed by atoms with Crippen LogP contribution in [0.3, 0.4) is 0 Å². The van der Waals surface area contributed by atoms with E-state index >= 15 is 0 Å². The Morgan fingerprint density at radius 1 is 1.50 bits per heavy atom. The van der Waals surface area contributed by atoms with Crippen LogP contribution in [0.15, 0.2) is 30.5 Å². The molecule has 0 atom stereocenters. The molecule has 4 N–H and O–H groups in total. The number of carbonyl (C=O) groups excluding carboxylic acids is 1. The molecule has 94 valence electrons. The van der Waals surface area contributed by atoms with Crippen molar-refractivity contribution in [3.8, 4) is 11.1 Å². The molecule has 0 aliphatic heterocycles. The first-order chi connectivity index (χ1) is 8.72. The summed E-state index contributed by atoms with van der Waals surface area (Å²) in [6, 6.07) is 7.45. The SMILES string of the molecule is Cc1[nH]ncc1-c1cccc(C(=O)NCCN)c1. The largest absolute Gasteiger partial charge is 0.351 e. The molecule has 1 aromatic heterocycles. The Kier molecular flexibility index (Phi) is 3.74. The van der Waals surface area contributed by atoms with Gasteiger partial charge in [-0.1, -0.05) is 12.1 Å². The standard InChI is InChI=1S/C13H16N4O/c1-9-12(8-16-17-9)10-3-2-4-11(7-10)13(18)15-6-5-14/h2-4,7-8H,5-6,14H2,1H3,(H,15,18)(H,16,17). The van der Waals surface area contributed by atoms with Gasteiger partial charge in [0.2, 0.25) is 0 Å². The van der Waals surface area contributed by atoms with Crippen LogP contribution in [0.4, 0.5) is 0 Å². The first-order valence-corrected chi connectivity index (χ1v) is 5.81. The maximum Gasteiger partial charge on any atom is 0.251 e. The molecule has 0 radical (unpaired) electrons. The highest BCUT2D eigenvalue weighted by Crippen LogP contribution is 2.22. The van der Waals surface area contributed by atoms with Crippen LogP contribution in [0, 0.1) is 6.92 Å². The molecule has 0 bridgehead atoms. The number of rotatable bonds is 4. The van der Waals surface area contributed by atoms with Crippen molar-refractivity contribution < 1.29 is 4.79 Å². The second-order valence-corrected chi connectivity index (χ2v) is 4.03. The third-order valence-corrected chi connectivity index (χ3v) is 2.70. The van der Waals surface area contributed by atoms with Crippen LogP contribution in [0.25, 0.3) is 11.1 Å². The lowest BCUT2D eigenvalue weighted by Crippen LogP contribution is -2.28. The summed E-state index contributed by atoms with van der Waals surface area (Å²) in [7, 11) is 0. The zero-order chi connectivity index (χ0) is 13.0.